The highest BCUT2D eigenvalue weighted by atomic mass is 35.5. The van der Waals surface area contributed by atoms with Crippen LogP contribution >= 0.6 is 23.2 Å². The van der Waals surface area contributed by atoms with Gasteiger partial charge in [0.25, 0.3) is 0 Å². The Kier molecular flexibility index (Phi) is 6.98. The maximum absolute atomic E-state index is 15.1. The minimum absolute atomic E-state index is 0.00959. The standard InChI is InChI=1S/C23H16Cl2FN3O3/c1-12-6-16(30)3-4-18(12)23(29)32-20(28)9-14-2-5-19(25)22(21(14)26)31-17-8-13(11-27)7-15(24)10-17/h2-8,10,28-30H,9H2,1H3. The first kappa shape index (κ1) is 23.1. The lowest BCUT2D eigenvalue weighted by Crippen LogP contribution is -2.15. The summed E-state index contributed by atoms with van der Waals surface area (Å²) in [5, 5.41) is 34.9. The predicted molar refractivity (Wildman–Crippen MR) is 120 cm³/mol. The summed E-state index contributed by atoms with van der Waals surface area (Å²) in [4.78, 5) is 0. The number of phenols is 1. The fraction of sp³-hybridized carbons (Fsp3) is 0.0870. The molecular formula is C23H16Cl2FN3O3. The van der Waals surface area contributed by atoms with Crippen LogP contribution in [-0.4, -0.2) is 16.9 Å². The second-order valence-corrected chi connectivity index (χ2v) is 7.61. The van der Waals surface area contributed by atoms with Crippen molar-refractivity contribution in [3.05, 3.63) is 86.6 Å². The number of nitriles is 1. The number of halogens is 3. The fourth-order valence-corrected chi connectivity index (χ4v) is 3.31. The first-order valence-corrected chi connectivity index (χ1v) is 9.92. The first-order chi connectivity index (χ1) is 15.2. The predicted octanol–water partition coefficient (Wildman–Crippen LogP) is 6.37. The fourth-order valence-electron chi connectivity index (χ4n) is 2.90. The lowest BCUT2D eigenvalue weighted by molar-refractivity contribution is 0.438. The van der Waals surface area contributed by atoms with Crippen molar-refractivity contribution in [3.8, 4) is 23.3 Å². The molecule has 3 aromatic carbocycles. The Bertz CT molecular complexity index is 1270. The van der Waals surface area contributed by atoms with Gasteiger partial charge in [0.05, 0.1) is 23.1 Å². The summed E-state index contributed by atoms with van der Waals surface area (Å²) in [7, 11) is 0. The van der Waals surface area contributed by atoms with Gasteiger partial charge in [-0.1, -0.05) is 29.3 Å². The van der Waals surface area contributed by atoms with Crippen LogP contribution < -0.4 is 4.74 Å². The van der Waals surface area contributed by atoms with Crippen LogP contribution in [0.15, 0.2) is 48.5 Å². The molecule has 6 nitrogen and oxygen atoms in total. The van der Waals surface area contributed by atoms with Crippen molar-refractivity contribution in [3.63, 3.8) is 0 Å². The number of phenolic OH excluding ortho intramolecular Hbond substituents is 1. The lowest BCUT2D eigenvalue weighted by Gasteiger charge is -2.14. The summed E-state index contributed by atoms with van der Waals surface area (Å²) < 4.78 is 25.9. The van der Waals surface area contributed by atoms with E-state index in [1.165, 1.54) is 48.5 Å². The molecular weight excluding hydrogens is 456 g/mol. The molecule has 0 amide bonds. The highest BCUT2D eigenvalue weighted by Crippen LogP contribution is 2.35. The number of aryl methyl sites for hydroxylation is 1. The Hall–Kier alpha value is -3.60. The van der Waals surface area contributed by atoms with Crippen LogP contribution in [-0.2, 0) is 11.2 Å². The summed E-state index contributed by atoms with van der Waals surface area (Å²) >= 11 is 12.1. The van der Waals surface area contributed by atoms with Crippen molar-refractivity contribution < 1.29 is 19.0 Å². The van der Waals surface area contributed by atoms with Crippen LogP contribution in [0.25, 0.3) is 0 Å². The van der Waals surface area contributed by atoms with E-state index in [-0.39, 0.29) is 56.6 Å². The maximum Gasteiger partial charge on any atom is 0.221 e. The molecule has 0 fully saturated rings. The first-order valence-electron chi connectivity index (χ1n) is 9.17. The maximum atomic E-state index is 15.1. The van der Waals surface area contributed by atoms with E-state index in [2.05, 4.69) is 0 Å². The third kappa shape index (κ3) is 5.35. The largest absolute Gasteiger partial charge is 0.508 e. The number of hydrogen-bond acceptors (Lipinski definition) is 6. The zero-order valence-electron chi connectivity index (χ0n) is 16.7. The Labute approximate surface area is 193 Å². The van der Waals surface area contributed by atoms with Gasteiger partial charge in [-0.2, -0.15) is 5.26 Å². The molecule has 0 heterocycles. The van der Waals surface area contributed by atoms with Gasteiger partial charge in [0.2, 0.25) is 5.90 Å². The van der Waals surface area contributed by atoms with Crippen LogP contribution in [0.4, 0.5) is 4.39 Å². The van der Waals surface area contributed by atoms with E-state index in [1.54, 1.807) is 6.92 Å². The number of rotatable bonds is 5. The molecule has 0 aliphatic carbocycles. The minimum Gasteiger partial charge on any atom is -0.508 e. The molecule has 0 bridgehead atoms. The van der Waals surface area contributed by atoms with E-state index < -0.39 is 5.82 Å². The summed E-state index contributed by atoms with van der Waals surface area (Å²) in [5.41, 5.74) is 1.28. The van der Waals surface area contributed by atoms with Crippen molar-refractivity contribution >= 4 is 35.0 Å². The number of hydrogen-bond donors (Lipinski definition) is 3. The molecule has 3 N–H and O–H groups in total. The van der Waals surface area contributed by atoms with E-state index in [4.69, 9.17) is 48.8 Å². The zero-order chi connectivity index (χ0) is 23.4. The summed E-state index contributed by atoms with van der Waals surface area (Å²) in [6.45, 7) is 1.69. The van der Waals surface area contributed by atoms with E-state index in [0.717, 1.165) is 0 Å². The van der Waals surface area contributed by atoms with Gasteiger partial charge in [-0.25, -0.2) is 4.39 Å². The van der Waals surface area contributed by atoms with Crippen LogP contribution in [0, 0.1) is 34.9 Å². The molecule has 0 saturated heterocycles. The lowest BCUT2D eigenvalue weighted by atomic mass is 10.1. The molecule has 162 valence electrons. The monoisotopic (exact) mass is 471 g/mol. The molecule has 0 aliphatic heterocycles. The number of benzene rings is 3. The van der Waals surface area contributed by atoms with Gasteiger partial charge in [0.15, 0.2) is 17.5 Å². The van der Waals surface area contributed by atoms with Crippen molar-refractivity contribution in [1.82, 2.24) is 0 Å². The number of nitrogens with zero attached hydrogens (tertiary/aromatic N) is 1. The van der Waals surface area contributed by atoms with Crippen molar-refractivity contribution in [2.24, 2.45) is 0 Å². The van der Waals surface area contributed by atoms with E-state index >= 15 is 4.39 Å². The molecule has 3 rings (SSSR count). The molecule has 0 saturated carbocycles. The minimum atomic E-state index is -0.809. The molecule has 0 aromatic heterocycles. The third-order valence-electron chi connectivity index (χ3n) is 4.38. The Morgan fingerprint density at radius 2 is 1.88 bits per heavy atom. The van der Waals surface area contributed by atoms with Crippen LogP contribution in [0.5, 0.6) is 17.2 Å². The quantitative estimate of drug-likeness (QED) is 0.296. The van der Waals surface area contributed by atoms with E-state index in [1.807, 2.05) is 6.07 Å². The number of ether oxygens (including phenoxy) is 2. The molecule has 9 heteroatoms. The van der Waals surface area contributed by atoms with Crippen molar-refractivity contribution in [2.45, 2.75) is 13.3 Å². The summed E-state index contributed by atoms with van der Waals surface area (Å²) in [6, 6.07) is 13.3. The molecule has 0 atom stereocenters. The third-order valence-corrected chi connectivity index (χ3v) is 4.90. The van der Waals surface area contributed by atoms with Crippen LogP contribution in [0.3, 0.4) is 0 Å². The van der Waals surface area contributed by atoms with Crippen molar-refractivity contribution in [1.29, 1.82) is 16.1 Å². The average molecular weight is 472 g/mol. The van der Waals surface area contributed by atoms with E-state index in [0.29, 0.717) is 11.1 Å². The Morgan fingerprint density at radius 1 is 1.12 bits per heavy atom. The highest BCUT2D eigenvalue weighted by molar-refractivity contribution is 6.32. The van der Waals surface area contributed by atoms with Gasteiger partial charge in [-0.15, -0.1) is 0 Å². The number of aromatic hydroxyl groups is 1. The van der Waals surface area contributed by atoms with Gasteiger partial charge in [0.1, 0.15) is 11.5 Å². The highest BCUT2D eigenvalue weighted by Gasteiger charge is 2.18. The molecule has 3 aromatic rings. The second kappa shape index (κ2) is 9.69. The van der Waals surface area contributed by atoms with Gasteiger partial charge in [-0.05, 0) is 55.0 Å². The smallest absolute Gasteiger partial charge is 0.221 e. The van der Waals surface area contributed by atoms with Crippen LogP contribution in [0.2, 0.25) is 10.0 Å². The van der Waals surface area contributed by atoms with Crippen LogP contribution in [0.1, 0.15) is 22.3 Å². The summed E-state index contributed by atoms with van der Waals surface area (Å²) in [5.74, 6) is -1.59. The Morgan fingerprint density at radius 3 is 2.56 bits per heavy atom. The number of nitrogens with one attached hydrogen (secondary N) is 2. The van der Waals surface area contributed by atoms with Gasteiger partial charge >= 0.3 is 0 Å². The SMILES string of the molecule is Cc1cc(O)ccc1C(=N)OC(=N)Cc1ccc(Cl)c(Oc2cc(Cl)cc(C#N)c2)c1F. The van der Waals surface area contributed by atoms with Gasteiger partial charge in [-0.3, -0.25) is 10.8 Å². The topological polar surface area (TPSA) is 110 Å². The molecule has 0 aliphatic rings. The molecule has 0 radical (unpaired) electrons. The Balaban J connectivity index is 1.79. The summed E-state index contributed by atoms with van der Waals surface area (Å²) in [6.07, 6.45) is -0.266. The molecule has 0 unspecified atom stereocenters. The van der Waals surface area contributed by atoms with Crippen molar-refractivity contribution in [2.75, 3.05) is 0 Å². The zero-order valence-corrected chi connectivity index (χ0v) is 18.2. The second-order valence-electron chi connectivity index (χ2n) is 6.77. The average Bonchev–Trinajstić information content (AvgIpc) is 2.72. The normalized spacial score (nSPS) is 10.3. The van der Waals surface area contributed by atoms with Gasteiger partial charge in [0, 0.05) is 16.1 Å². The van der Waals surface area contributed by atoms with E-state index in [9.17, 15) is 5.11 Å². The van der Waals surface area contributed by atoms with Gasteiger partial charge < -0.3 is 14.6 Å². The molecule has 32 heavy (non-hydrogen) atoms. The molecule has 0 spiro atoms.